The van der Waals surface area contributed by atoms with E-state index in [0.717, 1.165) is 22.3 Å². The zero-order valence-electron chi connectivity index (χ0n) is 13.5. The molecular weight excluding hydrogens is 292 g/mol. The number of aliphatic carboxylic acids is 1. The van der Waals surface area contributed by atoms with Crippen LogP contribution in [-0.2, 0) is 11.2 Å². The highest BCUT2D eigenvalue weighted by Gasteiger charge is 2.06. The van der Waals surface area contributed by atoms with E-state index in [2.05, 4.69) is 0 Å². The van der Waals surface area contributed by atoms with Gasteiger partial charge in [-0.25, -0.2) is 4.79 Å². The number of hydrogen-bond donors (Lipinski definition) is 1. The lowest BCUT2D eigenvalue weighted by Crippen LogP contribution is -1.93. The summed E-state index contributed by atoms with van der Waals surface area (Å²) in [7, 11) is 3.22. The fourth-order valence-corrected chi connectivity index (χ4v) is 2.41. The second kappa shape index (κ2) is 7.49. The maximum atomic E-state index is 10.7. The van der Waals surface area contributed by atoms with E-state index in [1.807, 2.05) is 49.4 Å². The summed E-state index contributed by atoms with van der Waals surface area (Å²) < 4.78 is 10.6. The minimum absolute atomic E-state index is 0.624. The van der Waals surface area contributed by atoms with Crippen molar-refractivity contribution in [2.75, 3.05) is 14.2 Å². The third-order valence-electron chi connectivity index (χ3n) is 3.52. The molecule has 0 saturated carbocycles. The van der Waals surface area contributed by atoms with Crippen LogP contribution in [0.2, 0.25) is 0 Å². The highest BCUT2D eigenvalue weighted by molar-refractivity contribution is 5.80. The van der Waals surface area contributed by atoms with Gasteiger partial charge in [0, 0.05) is 6.08 Å². The number of carbonyl (C=O) groups is 1. The van der Waals surface area contributed by atoms with Crippen LogP contribution in [-0.4, -0.2) is 25.3 Å². The molecule has 0 fully saturated rings. The van der Waals surface area contributed by atoms with Crippen molar-refractivity contribution in [2.45, 2.75) is 13.3 Å². The van der Waals surface area contributed by atoms with Crippen LogP contribution in [0, 0.1) is 0 Å². The number of ether oxygens (including phenoxy) is 2. The molecule has 0 spiro atoms. The molecule has 120 valence electrons. The average molecular weight is 312 g/mol. The van der Waals surface area contributed by atoms with Gasteiger partial charge in [0.1, 0.15) is 0 Å². The van der Waals surface area contributed by atoms with Gasteiger partial charge >= 0.3 is 5.97 Å². The van der Waals surface area contributed by atoms with Crippen molar-refractivity contribution in [3.8, 4) is 22.6 Å². The van der Waals surface area contributed by atoms with E-state index in [0.29, 0.717) is 17.9 Å². The Morgan fingerprint density at radius 2 is 1.61 bits per heavy atom. The summed E-state index contributed by atoms with van der Waals surface area (Å²) in [6.07, 6.45) is 1.86. The van der Waals surface area contributed by atoms with Gasteiger partial charge in [0.25, 0.3) is 0 Å². The summed E-state index contributed by atoms with van der Waals surface area (Å²) in [5.74, 6) is 0.473. The van der Waals surface area contributed by atoms with Crippen LogP contribution in [0.25, 0.3) is 11.1 Å². The van der Waals surface area contributed by atoms with Crippen molar-refractivity contribution in [2.24, 2.45) is 0 Å². The van der Waals surface area contributed by atoms with E-state index in [9.17, 15) is 4.79 Å². The summed E-state index contributed by atoms with van der Waals surface area (Å²) in [5, 5.41) is 8.75. The lowest BCUT2D eigenvalue weighted by molar-refractivity contribution is -0.131. The molecule has 0 heterocycles. The fourth-order valence-electron chi connectivity index (χ4n) is 2.41. The maximum absolute atomic E-state index is 10.7. The van der Waals surface area contributed by atoms with E-state index in [1.165, 1.54) is 6.08 Å². The molecular formula is C19H20O4. The molecule has 4 nitrogen and oxygen atoms in total. The molecule has 2 aromatic carbocycles. The van der Waals surface area contributed by atoms with Crippen molar-refractivity contribution in [1.29, 1.82) is 0 Å². The van der Waals surface area contributed by atoms with Crippen molar-refractivity contribution < 1.29 is 19.4 Å². The molecule has 0 aliphatic heterocycles. The first-order chi connectivity index (χ1) is 11.0. The van der Waals surface area contributed by atoms with Crippen LogP contribution in [0.3, 0.4) is 0 Å². The Balaban J connectivity index is 2.21. The van der Waals surface area contributed by atoms with Gasteiger partial charge in [0.05, 0.1) is 14.2 Å². The van der Waals surface area contributed by atoms with Gasteiger partial charge in [-0.15, -0.1) is 0 Å². The number of benzene rings is 2. The van der Waals surface area contributed by atoms with E-state index < -0.39 is 5.97 Å². The van der Waals surface area contributed by atoms with E-state index in [-0.39, 0.29) is 0 Å². The minimum atomic E-state index is -0.913. The topological polar surface area (TPSA) is 55.8 Å². The van der Waals surface area contributed by atoms with Crippen LogP contribution in [0.1, 0.15) is 12.5 Å². The maximum Gasteiger partial charge on any atom is 0.328 e. The first-order valence-electron chi connectivity index (χ1n) is 7.25. The van der Waals surface area contributed by atoms with Gasteiger partial charge < -0.3 is 14.6 Å². The summed E-state index contributed by atoms with van der Waals surface area (Å²) in [6, 6.07) is 13.8. The molecule has 23 heavy (non-hydrogen) atoms. The number of methoxy groups -OCH3 is 2. The predicted octanol–water partition coefficient (Wildman–Crippen LogP) is 3.94. The molecule has 0 aromatic heterocycles. The van der Waals surface area contributed by atoms with E-state index >= 15 is 0 Å². The predicted molar refractivity (Wildman–Crippen MR) is 90.1 cm³/mol. The Hall–Kier alpha value is -2.75. The van der Waals surface area contributed by atoms with Crippen LogP contribution < -0.4 is 9.47 Å². The molecule has 0 bridgehead atoms. The Bertz CT molecular complexity index is 715. The van der Waals surface area contributed by atoms with Gasteiger partial charge in [-0.2, -0.15) is 0 Å². The second-order valence-electron chi connectivity index (χ2n) is 5.27. The molecule has 1 N–H and O–H groups in total. The van der Waals surface area contributed by atoms with Crippen molar-refractivity contribution >= 4 is 5.97 Å². The molecule has 2 aromatic rings. The Morgan fingerprint density at radius 1 is 1.00 bits per heavy atom. The monoisotopic (exact) mass is 312 g/mol. The third-order valence-corrected chi connectivity index (χ3v) is 3.52. The fraction of sp³-hybridized carbons (Fsp3) is 0.211. The summed E-state index contributed by atoms with van der Waals surface area (Å²) in [5.41, 5.74) is 3.99. The van der Waals surface area contributed by atoms with Crippen molar-refractivity contribution in [1.82, 2.24) is 0 Å². The highest BCUT2D eigenvalue weighted by atomic mass is 16.5. The Morgan fingerprint density at radius 3 is 2.17 bits per heavy atom. The smallest absolute Gasteiger partial charge is 0.328 e. The Kier molecular flexibility index (Phi) is 5.41. The Labute approximate surface area is 136 Å². The lowest BCUT2D eigenvalue weighted by atomic mass is 10.0. The molecule has 0 saturated heterocycles. The summed E-state index contributed by atoms with van der Waals surface area (Å²) >= 11 is 0. The molecule has 0 aliphatic rings. The van der Waals surface area contributed by atoms with Gasteiger partial charge in [-0.05, 0) is 42.2 Å². The first-order valence-corrected chi connectivity index (χ1v) is 7.25. The SMILES string of the molecule is COc1ccc(-c2ccc(C/C(C)=C/C(=O)O)cc2)cc1OC. The van der Waals surface area contributed by atoms with Crippen molar-refractivity contribution in [3.63, 3.8) is 0 Å². The van der Waals surface area contributed by atoms with Gasteiger partial charge in [0.15, 0.2) is 11.5 Å². The standard InChI is InChI=1S/C19H20O4/c1-13(11-19(20)21)10-14-4-6-15(7-5-14)16-8-9-17(22-2)18(12-16)23-3/h4-9,11-12H,10H2,1-3H3,(H,20,21)/b13-11+. The molecule has 0 radical (unpaired) electrons. The van der Waals surface area contributed by atoms with Crippen LogP contribution in [0.5, 0.6) is 11.5 Å². The van der Waals surface area contributed by atoms with Gasteiger partial charge in [-0.3, -0.25) is 0 Å². The summed E-state index contributed by atoms with van der Waals surface area (Å²) in [6.45, 7) is 1.82. The van der Waals surface area contributed by atoms with Crippen molar-refractivity contribution in [3.05, 3.63) is 59.7 Å². The number of carboxylic acid groups (broad SMARTS) is 1. The molecule has 0 aliphatic carbocycles. The zero-order valence-corrected chi connectivity index (χ0v) is 13.5. The van der Waals surface area contributed by atoms with E-state index in [4.69, 9.17) is 14.6 Å². The number of allylic oxidation sites excluding steroid dienone is 1. The molecule has 0 amide bonds. The van der Waals surface area contributed by atoms with Crippen LogP contribution in [0.4, 0.5) is 0 Å². The lowest BCUT2D eigenvalue weighted by Gasteiger charge is -2.10. The molecule has 4 heteroatoms. The number of carboxylic acids is 1. The van der Waals surface area contributed by atoms with E-state index in [1.54, 1.807) is 14.2 Å². The summed E-state index contributed by atoms with van der Waals surface area (Å²) in [4.78, 5) is 10.7. The molecule has 0 atom stereocenters. The average Bonchev–Trinajstić information content (AvgIpc) is 2.54. The molecule has 0 unspecified atom stereocenters. The normalized spacial score (nSPS) is 11.2. The van der Waals surface area contributed by atoms with Gasteiger partial charge in [0.2, 0.25) is 0 Å². The quantitative estimate of drug-likeness (QED) is 0.821. The second-order valence-corrected chi connectivity index (χ2v) is 5.27. The number of hydrogen-bond acceptors (Lipinski definition) is 3. The number of rotatable bonds is 6. The molecule has 2 rings (SSSR count). The van der Waals surface area contributed by atoms with Crippen LogP contribution in [0.15, 0.2) is 54.1 Å². The minimum Gasteiger partial charge on any atom is -0.493 e. The first kappa shape index (κ1) is 16.6. The zero-order chi connectivity index (χ0) is 16.8. The highest BCUT2D eigenvalue weighted by Crippen LogP contribution is 2.32. The third kappa shape index (κ3) is 4.36. The largest absolute Gasteiger partial charge is 0.493 e. The van der Waals surface area contributed by atoms with Crippen LogP contribution >= 0.6 is 0 Å². The van der Waals surface area contributed by atoms with Gasteiger partial charge in [-0.1, -0.05) is 35.9 Å².